The van der Waals surface area contributed by atoms with Gasteiger partial charge in [-0.1, -0.05) is 23.7 Å². The quantitative estimate of drug-likeness (QED) is 0.749. The highest BCUT2D eigenvalue weighted by atomic mass is 35.5. The zero-order valence-corrected chi connectivity index (χ0v) is 14.8. The molecule has 2 aliphatic rings. The lowest BCUT2D eigenvalue weighted by atomic mass is 10.1. The SMILES string of the molecule is N#CN1CCN2CCN(c3cc(-c4cccc(Cl)c4)cnn3)C(=O)C2C1. The summed E-state index contributed by atoms with van der Waals surface area (Å²) >= 11 is 6.07. The van der Waals surface area contributed by atoms with Gasteiger partial charge >= 0.3 is 0 Å². The molecule has 0 radical (unpaired) electrons. The number of rotatable bonds is 2. The molecule has 1 atom stereocenters. The molecule has 2 fully saturated rings. The van der Waals surface area contributed by atoms with Gasteiger partial charge in [0, 0.05) is 36.8 Å². The number of nitriles is 1. The number of hydrogen-bond donors (Lipinski definition) is 0. The van der Waals surface area contributed by atoms with E-state index in [9.17, 15) is 4.79 Å². The van der Waals surface area contributed by atoms with Crippen LogP contribution in [0.2, 0.25) is 5.02 Å². The molecule has 0 spiro atoms. The first-order valence-corrected chi connectivity index (χ1v) is 8.82. The molecule has 3 heterocycles. The van der Waals surface area contributed by atoms with Crippen molar-refractivity contribution >= 4 is 23.3 Å². The smallest absolute Gasteiger partial charge is 0.247 e. The second kappa shape index (κ2) is 6.90. The van der Waals surface area contributed by atoms with Crippen molar-refractivity contribution in [2.24, 2.45) is 0 Å². The van der Waals surface area contributed by atoms with Gasteiger partial charge < -0.3 is 4.90 Å². The maximum Gasteiger partial charge on any atom is 0.247 e. The predicted octanol–water partition coefficient (Wildman–Crippen LogP) is 1.61. The molecule has 4 rings (SSSR count). The van der Waals surface area contributed by atoms with E-state index in [1.807, 2.05) is 30.3 Å². The molecule has 0 N–H and O–H groups in total. The third-order valence-electron chi connectivity index (χ3n) is 4.87. The first kappa shape index (κ1) is 16.8. The van der Waals surface area contributed by atoms with E-state index in [1.54, 1.807) is 16.0 Å². The van der Waals surface area contributed by atoms with Crippen molar-refractivity contribution in [2.75, 3.05) is 37.6 Å². The van der Waals surface area contributed by atoms with Crippen molar-refractivity contribution in [1.82, 2.24) is 20.0 Å². The van der Waals surface area contributed by atoms with Crippen LogP contribution in [0.25, 0.3) is 11.1 Å². The van der Waals surface area contributed by atoms with Crippen LogP contribution in [0.15, 0.2) is 36.5 Å². The number of amides is 1. The summed E-state index contributed by atoms with van der Waals surface area (Å²) in [4.78, 5) is 18.4. The van der Waals surface area contributed by atoms with Crippen molar-refractivity contribution in [2.45, 2.75) is 6.04 Å². The summed E-state index contributed by atoms with van der Waals surface area (Å²) in [6.07, 6.45) is 3.80. The van der Waals surface area contributed by atoms with Crippen LogP contribution in [0.1, 0.15) is 0 Å². The minimum absolute atomic E-state index is 0.0336. The Bertz CT molecular complexity index is 882. The van der Waals surface area contributed by atoms with Gasteiger partial charge in [0.15, 0.2) is 12.0 Å². The zero-order chi connectivity index (χ0) is 18.1. The molecular formula is C18H17ClN6O. The van der Waals surface area contributed by atoms with E-state index in [0.717, 1.165) is 24.2 Å². The molecule has 2 aliphatic heterocycles. The van der Waals surface area contributed by atoms with Gasteiger partial charge in [0.2, 0.25) is 5.91 Å². The monoisotopic (exact) mass is 368 g/mol. The normalized spacial score (nSPS) is 20.6. The second-order valence-corrected chi connectivity index (χ2v) is 6.84. The molecule has 1 amide bonds. The Morgan fingerprint density at radius 2 is 2.00 bits per heavy atom. The van der Waals surface area contributed by atoms with Crippen LogP contribution in [0.5, 0.6) is 0 Å². The van der Waals surface area contributed by atoms with Gasteiger partial charge in [0.25, 0.3) is 0 Å². The van der Waals surface area contributed by atoms with Gasteiger partial charge in [-0.15, -0.1) is 5.10 Å². The van der Waals surface area contributed by atoms with E-state index in [1.165, 1.54) is 0 Å². The van der Waals surface area contributed by atoms with Crippen LogP contribution in [-0.2, 0) is 4.79 Å². The van der Waals surface area contributed by atoms with Crippen LogP contribution in [0, 0.1) is 11.5 Å². The molecule has 0 bridgehead atoms. The average Bonchev–Trinajstić information content (AvgIpc) is 2.68. The Balaban J connectivity index is 1.61. The van der Waals surface area contributed by atoms with Crippen LogP contribution in [-0.4, -0.2) is 64.7 Å². The number of halogens is 1. The number of anilines is 1. The maximum atomic E-state index is 13.0. The fourth-order valence-electron chi connectivity index (χ4n) is 3.47. The summed E-state index contributed by atoms with van der Waals surface area (Å²) in [7, 11) is 0. The maximum absolute atomic E-state index is 13.0. The van der Waals surface area contributed by atoms with E-state index in [0.29, 0.717) is 30.5 Å². The van der Waals surface area contributed by atoms with Crippen molar-refractivity contribution in [3.05, 3.63) is 41.6 Å². The van der Waals surface area contributed by atoms with E-state index in [2.05, 4.69) is 21.3 Å². The van der Waals surface area contributed by atoms with Gasteiger partial charge in [-0.2, -0.15) is 10.4 Å². The van der Waals surface area contributed by atoms with E-state index < -0.39 is 0 Å². The number of nitrogens with zero attached hydrogens (tertiary/aromatic N) is 6. The summed E-state index contributed by atoms with van der Waals surface area (Å²) in [5, 5.41) is 18.0. The average molecular weight is 369 g/mol. The number of piperazine rings is 2. The Hall–Kier alpha value is -2.69. The zero-order valence-electron chi connectivity index (χ0n) is 14.0. The van der Waals surface area contributed by atoms with Gasteiger partial charge in [0.05, 0.1) is 12.7 Å². The van der Waals surface area contributed by atoms with Crippen LogP contribution < -0.4 is 4.90 Å². The predicted molar refractivity (Wildman–Crippen MR) is 97.4 cm³/mol. The molecule has 8 heteroatoms. The third kappa shape index (κ3) is 3.09. The largest absolute Gasteiger partial charge is 0.307 e. The minimum atomic E-state index is -0.311. The number of hydrogen-bond acceptors (Lipinski definition) is 6. The molecule has 132 valence electrons. The number of carbonyl (C=O) groups excluding carboxylic acids is 1. The molecule has 2 saturated heterocycles. The van der Waals surface area contributed by atoms with E-state index in [-0.39, 0.29) is 11.9 Å². The highest BCUT2D eigenvalue weighted by molar-refractivity contribution is 6.30. The standard InChI is InChI=1S/C18H17ClN6O/c19-15-3-1-2-13(8-15)14-9-17(22-21-10-14)25-7-6-24-5-4-23(12-20)11-16(24)18(25)26/h1-3,8-10,16H,4-7,11H2. The number of fused-ring (bicyclic) bond motifs is 1. The summed E-state index contributed by atoms with van der Waals surface area (Å²) < 4.78 is 0. The van der Waals surface area contributed by atoms with Crippen molar-refractivity contribution in [3.8, 4) is 17.3 Å². The van der Waals surface area contributed by atoms with Crippen molar-refractivity contribution in [1.29, 1.82) is 5.26 Å². The molecule has 1 unspecified atom stereocenters. The highest BCUT2D eigenvalue weighted by Crippen LogP contribution is 2.26. The van der Waals surface area contributed by atoms with Gasteiger partial charge in [-0.25, -0.2) is 0 Å². The Kier molecular flexibility index (Phi) is 4.45. The third-order valence-corrected chi connectivity index (χ3v) is 5.11. The summed E-state index contributed by atoms with van der Waals surface area (Å²) in [6.45, 7) is 3.15. The fraction of sp³-hybridized carbons (Fsp3) is 0.333. The molecule has 1 aromatic heterocycles. The van der Waals surface area contributed by atoms with Crippen LogP contribution >= 0.6 is 11.6 Å². The number of aromatic nitrogens is 2. The lowest BCUT2D eigenvalue weighted by Crippen LogP contribution is -2.64. The first-order valence-electron chi connectivity index (χ1n) is 8.44. The van der Waals surface area contributed by atoms with E-state index in [4.69, 9.17) is 16.9 Å². The Morgan fingerprint density at radius 1 is 1.15 bits per heavy atom. The summed E-state index contributed by atoms with van der Waals surface area (Å²) in [5.41, 5.74) is 1.78. The van der Waals surface area contributed by atoms with Gasteiger partial charge in [-0.05, 0) is 23.8 Å². The lowest BCUT2D eigenvalue weighted by molar-refractivity contribution is -0.127. The molecule has 26 heavy (non-hydrogen) atoms. The van der Waals surface area contributed by atoms with Crippen LogP contribution in [0.3, 0.4) is 0 Å². The Labute approximate surface area is 156 Å². The fourth-order valence-corrected chi connectivity index (χ4v) is 3.66. The van der Waals surface area contributed by atoms with Crippen molar-refractivity contribution in [3.63, 3.8) is 0 Å². The second-order valence-electron chi connectivity index (χ2n) is 6.40. The number of benzene rings is 1. The first-order chi connectivity index (χ1) is 12.7. The molecule has 1 aromatic carbocycles. The molecular weight excluding hydrogens is 352 g/mol. The minimum Gasteiger partial charge on any atom is -0.307 e. The molecule has 0 aliphatic carbocycles. The topological polar surface area (TPSA) is 76.4 Å². The molecule has 2 aromatic rings. The summed E-state index contributed by atoms with van der Waals surface area (Å²) in [5.74, 6) is 0.495. The van der Waals surface area contributed by atoms with E-state index >= 15 is 0 Å². The number of carbonyl (C=O) groups is 1. The summed E-state index contributed by atoms with van der Waals surface area (Å²) in [6, 6.07) is 9.03. The molecule has 0 saturated carbocycles. The molecule has 7 nitrogen and oxygen atoms in total. The van der Waals surface area contributed by atoms with Gasteiger partial charge in [0.1, 0.15) is 6.04 Å². The Morgan fingerprint density at radius 3 is 2.81 bits per heavy atom. The highest BCUT2D eigenvalue weighted by Gasteiger charge is 2.39. The van der Waals surface area contributed by atoms with Crippen LogP contribution in [0.4, 0.5) is 5.82 Å². The van der Waals surface area contributed by atoms with Gasteiger partial charge in [-0.3, -0.25) is 14.6 Å². The lowest BCUT2D eigenvalue weighted by Gasteiger charge is -2.44. The van der Waals surface area contributed by atoms with Crippen molar-refractivity contribution < 1.29 is 4.79 Å².